The summed E-state index contributed by atoms with van der Waals surface area (Å²) < 4.78 is 0. The van der Waals surface area contributed by atoms with Crippen molar-refractivity contribution in [1.29, 1.82) is 0 Å². The lowest BCUT2D eigenvalue weighted by atomic mass is 10.2. The molecule has 104 valence electrons. The summed E-state index contributed by atoms with van der Waals surface area (Å²) in [5.74, 6) is 1.84. The molecule has 4 nitrogen and oxygen atoms in total. The van der Waals surface area contributed by atoms with Crippen LogP contribution in [0.15, 0.2) is 6.07 Å². The highest BCUT2D eigenvalue weighted by atomic mass is 35.5. The summed E-state index contributed by atoms with van der Waals surface area (Å²) in [5.41, 5.74) is 0.947. The van der Waals surface area contributed by atoms with Crippen molar-refractivity contribution in [3.8, 4) is 0 Å². The lowest BCUT2D eigenvalue weighted by Crippen LogP contribution is -2.46. The molecule has 1 aliphatic carbocycles. The predicted octanol–water partition coefficient (Wildman–Crippen LogP) is 1.97. The van der Waals surface area contributed by atoms with Gasteiger partial charge in [-0.3, -0.25) is 4.90 Å². The second-order valence-corrected chi connectivity index (χ2v) is 6.16. The summed E-state index contributed by atoms with van der Waals surface area (Å²) in [6.07, 6.45) is 2.88. The summed E-state index contributed by atoms with van der Waals surface area (Å²) >= 11 is 5.98. The molecular formula is C14H21ClN4. The maximum atomic E-state index is 5.98. The molecule has 0 radical (unpaired) electrons. The van der Waals surface area contributed by atoms with E-state index in [-0.39, 0.29) is 0 Å². The SMILES string of the molecule is Cc1cc(Cl)nc(CN2CCN(CC3CC3)CC2)n1. The van der Waals surface area contributed by atoms with E-state index in [0.717, 1.165) is 37.1 Å². The molecule has 0 aromatic carbocycles. The van der Waals surface area contributed by atoms with Gasteiger partial charge in [-0.05, 0) is 31.7 Å². The second kappa shape index (κ2) is 5.73. The minimum absolute atomic E-state index is 0.551. The van der Waals surface area contributed by atoms with Crippen LogP contribution >= 0.6 is 11.6 Å². The Hall–Kier alpha value is -0.710. The van der Waals surface area contributed by atoms with Crippen molar-refractivity contribution in [3.05, 3.63) is 22.7 Å². The number of hydrogen-bond donors (Lipinski definition) is 0. The Morgan fingerprint density at radius 1 is 1.16 bits per heavy atom. The van der Waals surface area contributed by atoms with E-state index in [1.165, 1.54) is 32.5 Å². The Labute approximate surface area is 119 Å². The van der Waals surface area contributed by atoms with E-state index >= 15 is 0 Å². The Morgan fingerprint density at radius 2 is 1.84 bits per heavy atom. The molecule has 1 saturated carbocycles. The molecule has 2 fully saturated rings. The van der Waals surface area contributed by atoms with Crippen LogP contribution in [0.5, 0.6) is 0 Å². The molecule has 0 amide bonds. The first-order chi connectivity index (χ1) is 9.19. The van der Waals surface area contributed by atoms with Crippen LogP contribution in [0.3, 0.4) is 0 Å². The number of aromatic nitrogens is 2. The second-order valence-electron chi connectivity index (χ2n) is 5.77. The van der Waals surface area contributed by atoms with Crippen molar-refractivity contribution < 1.29 is 0 Å². The Bertz CT molecular complexity index is 419. The van der Waals surface area contributed by atoms with Crippen molar-refractivity contribution in [3.63, 3.8) is 0 Å². The zero-order chi connectivity index (χ0) is 13.2. The maximum absolute atomic E-state index is 5.98. The molecule has 2 heterocycles. The average molecular weight is 281 g/mol. The first-order valence-electron chi connectivity index (χ1n) is 7.14. The normalized spacial score (nSPS) is 21.8. The molecule has 0 spiro atoms. The van der Waals surface area contributed by atoms with Gasteiger partial charge >= 0.3 is 0 Å². The number of nitrogens with zero attached hydrogens (tertiary/aromatic N) is 4. The summed E-state index contributed by atoms with van der Waals surface area (Å²) in [6, 6.07) is 1.80. The summed E-state index contributed by atoms with van der Waals surface area (Å²) in [4.78, 5) is 13.8. The molecule has 2 aliphatic rings. The van der Waals surface area contributed by atoms with Crippen LogP contribution in [0.25, 0.3) is 0 Å². The minimum atomic E-state index is 0.551. The first kappa shape index (κ1) is 13.3. The monoisotopic (exact) mass is 280 g/mol. The van der Waals surface area contributed by atoms with Crippen LogP contribution in [-0.2, 0) is 6.54 Å². The van der Waals surface area contributed by atoms with E-state index in [1.54, 1.807) is 6.07 Å². The van der Waals surface area contributed by atoms with Crippen LogP contribution in [0.2, 0.25) is 5.15 Å². The number of aryl methyl sites for hydroxylation is 1. The molecular weight excluding hydrogens is 260 g/mol. The fourth-order valence-electron chi connectivity index (χ4n) is 2.66. The van der Waals surface area contributed by atoms with Gasteiger partial charge in [0.05, 0.1) is 6.54 Å². The topological polar surface area (TPSA) is 32.3 Å². The van der Waals surface area contributed by atoms with Gasteiger partial charge in [0.2, 0.25) is 0 Å². The summed E-state index contributed by atoms with van der Waals surface area (Å²) in [5, 5.41) is 0.551. The molecule has 3 rings (SSSR count). The first-order valence-corrected chi connectivity index (χ1v) is 7.51. The predicted molar refractivity (Wildman–Crippen MR) is 76.2 cm³/mol. The minimum Gasteiger partial charge on any atom is -0.301 e. The third-order valence-electron chi connectivity index (χ3n) is 3.91. The van der Waals surface area contributed by atoms with Crippen molar-refractivity contribution >= 4 is 11.6 Å². The van der Waals surface area contributed by atoms with Gasteiger partial charge in [-0.15, -0.1) is 0 Å². The zero-order valence-corrected chi connectivity index (χ0v) is 12.2. The van der Waals surface area contributed by atoms with Crippen molar-refractivity contribution in [2.24, 2.45) is 5.92 Å². The van der Waals surface area contributed by atoms with Crippen LogP contribution in [-0.4, -0.2) is 52.5 Å². The third-order valence-corrected chi connectivity index (χ3v) is 4.11. The van der Waals surface area contributed by atoms with E-state index in [4.69, 9.17) is 11.6 Å². The van der Waals surface area contributed by atoms with Crippen LogP contribution in [0.4, 0.5) is 0 Å². The molecule has 0 atom stereocenters. The zero-order valence-electron chi connectivity index (χ0n) is 11.5. The highest BCUT2D eigenvalue weighted by Crippen LogP contribution is 2.29. The lowest BCUT2D eigenvalue weighted by molar-refractivity contribution is 0.121. The van der Waals surface area contributed by atoms with E-state index < -0.39 is 0 Å². The number of rotatable bonds is 4. The standard InChI is InChI=1S/C14H21ClN4/c1-11-8-13(15)17-14(16-11)10-19-6-4-18(5-7-19)9-12-2-3-12/h8,12H,2-7,9-10H2,1H3. The van der Waals surface area contributed by atoms with Gasteiger partial charge in [-0.2, -0.15) is 0 Å². The highest BCUT2D eigenvalue weighted by Gasteiger charge is 2.26. The quantitative estimate of drug-likeness (QED) is 0.790. The Morgan fingerprint density at radius 3 is 2.47 bits per heavy atom. The largest absolute Gasteiger partial charge is 0.301 e. The molecule has 0 bridgehead atoms. The maximum Gasteiger partial charge on any atom is 0.144 e. The van der Waals surface area contributed by atoms with E-state index in [9.17, 15) is 0 Å². The summed E-state index contributed by atoms with van der Waals surface area (Å²) in [7, 11) is 0. The third kappa shape index (κ3) is 3.88. The van der Waals surface area contributed by atoms with Crippen LogP contribution in [0.1, 0.15) is 24.4 Å². The fourth-order valence-corrected chi connectivity index (χ4v) is 2.91. The van der Waals surface area contributed by atoms with Crippen LogP contribution in [0, 0.1) is 12.8 Å². The van der Waals surface area contributed by atoms with Gasteiger partial charge in [0, 0.05) is 38.4 Å². The molecule has 5 heteroatoms. The van der Waals surface area contributed by atoms with Crippen molar-refractivity contribution in [2.45, 2.75) is 26.3 Å². The smallest absolute Gasteiger partial charge is 0.144 e. The van der Waals surface area contributed by atoms with Gasteiger partial charge in [-0.25, -0.2) is 9.97 Å². The number of halogens is 1. The molecule has 0 N–H and O–H groups in total. The molecule has 19 heavy (non-hydrogen) atoms. The Balaban J connectivity index is 1.50. The molecule has 0 unspecified atom stereocenters. The van der Waals surface area contributed by atoms with Crippen molar-refractivity contribution in [2.75, 3.05) is 32.7 Å². The lowest BCUT2D eigenvalue weighted by Gasteiger charge is -2.34. The molecule has 1 aromatic rings. The molecule has 1 saturated heterocycles. The number of piperazine rings is 1. The molecule has 1 aliphatic heterocycles. The highest BCUT2D eigenvalue weighted by molar-refractivity contribution is 6.29. The van der Waals surface area contributed by atoms with Gasteiger partial charge < -0.3 is 4.90 Å². The number of hydrogen-bond acceptors (Lipinski definition) is 4. The van der Waals surface area contributed by atoms with Gasteiger partial charge in [0.25, 0.3) is 0 Å². The van der Waals surface area contributed by atoms with Gasteiger partial charge in [0.15, 0.2) is 0 Å². The molecule has 1 aromatic heterocycles. The van der Waals surface area contributed by atoms with E-state index in [0.29, 0.717) is 5.15 Å². The van der Waals surface area contributed by atoms with E-state index in [2.05, 4.69) is 19.8 Å². The fraction of sp³-hybridized carbons (Fsp3) is 0.714. The van der Waals surface area contributed by atoms with Crippen LogP contribution < -0.4 is 0 Å². The van der Waals surface area contributed by atoms with Gasteiger partial charge in [-0.1, -0.05) is 11.6 Å². The van der Waals surface area contributed by atoms with E-state index in [1.807, 2.05) is 6.92 Å². The summed E-state index contributed by atoms with van der Waals surface area (Å²) in [6.45, 7) is 8.67. The average Bonchev–Trinajstić information content (AvgIpc) is 3.14. The Kier molecular flexibility index (Phi) is 4.01. The van der Waals surface area contributed by atoms with Crippen molar-refractivity contribution in [1.82, 2.24) is 19.8 Å². The van der Waals surface area contributed by atoms with Gasteiger partial charge in [0.1, 0.15) is 11.0 Å².